The Morgan fingerprint density at radius 2 is 2.31 bits per heavy atom. The van der Waals surface area contributed by atoms with Gasteiger partial charge in [0, 0.05) is 5.56 Å². The molecule has 0 aromatic heterocycles. The van der Waals surface area contributed by atoms with Crippen molar-refractivity contribution in [3.63, 3.8) is 0 Å². The Kier molecular flexibility index (Phi) is 3.25. The summed E-state index contributed by atoms with van der Waals surface area (Å²) in [6.07, 6.45) is 0. The van der Waals surface area contributed by atoms with Gasteiger partial charge in [0.05, 0.1) is 7.11 Å². The molecular formula is C11H14BrNO3. The Hall–Kier alpha value is -0.940. The molecule has 16 heavy (non-hydrogen) atoms. The van der Waals surface area contributed by atoms with Crippen LogP contribution in [0.15, 0.2) is 10.5 Å². The van der Waals surface area contributed by atoms with Crippen LogP contribution in [0.25, 0.3) is 0 Å². The molecule has 1 heterocycles. The van der Waals surface area contributed by atoms with E-state index >= 15 is 0 Å². The molecule has 0 aliphatic carbocycles. The van der Waals surface area contributed by atoms with Gasteiger partial charge >= 0.3 is 0 Å². The van der Waals surface area contributed by atoms with Crippen LogP contribution >= 0.6 is 15.9 Å². The minimum absolute atomic E-state index is 0.209. The van der Waals surface area contributed by atoms with Gasteiger partial charge in [0.15, 0.2) is 11.5 Å². The lowest BCUT2D eigenvalue weighted by molar-refractivity contribution is 0.173. The normalized spacial score (nSPS) is 15.0. The quantitative estimate of drug-likeness (QED) is 0.926. The number of methoxy groups -OCH3 is 1. The maximum atomic E-state index is 5.68. The summed E-state index contributed by atoms with van der Waals surface area (Å²) in [5, 5.41) is 0. The molecule has 0 saturated carbocycles. The van der Waals surface area contributed by atoms with Crippen LogP contribution in [-0.2, 0) is 0 Å². The fraction of sp³-hybridized carbons (Fsp3) is 0.455. The van der Waals surface area contributed by atoms with Crippen molar-refractivity contribution in [2.24, 2.45) is 5.73 Å². The highest BCUT2D eigenvalue weighted by Gasteiger charge is 2.25. The first-order valence-corrected chi connectivity index (χ1v) is 5.84. The van der Waals surface area contributed by atoms with Gasteiger partial charge in [-0.15, -0.1) is 0 Å². The summed E-state index contributed by atoms with van der Waals surface area (Å²) in [7, 11) is 1.63. The second-order valence-corrected chi connectivity index (χ2v) is 4.48. The average molecular weight is 288 g/mol. The lowest BCUT2D eigenvalue weighted by atomic mass is 9.99. The summed E-state index contributed by atoms with van der Waals surface area (Å²) in [6.45, 7) is 2.85. The second kappa shape index (κ2) is 4.51. The van der Waals surface area contributed by atoms with Crippen LogP contribution < -0.4 is 19.9 Å². The lowest BCUT2D eigenvalue weighted by Gasteiger charge is -2.16. The zero-order valence-corrected chi connectivity index (χ0v) is 10.8. The third-order valence-electron chi connectivity index (χ3n) is 2.68. The van der Waals surface area contributed by atoms with E-state index in [1.54, 1.807) is 7.11 Å². The largest absolute Gasteiger partial charge is 0.495 e. The number of fused-ring (bicyclic) bond motifs is 1. The first-order chi connectivity index (χ1) is 7.69. The van der Waals surface area contributed by atoms with Crippen LogP contribution in [0.2, 0.25) is 0 Å². The van der Waals surface area contributed by atoms with Gasteiger partial charge in [-0.1, -0.05) is 6.92 Å². The van der Waals surface area contributed by atoms with Crippen LogP contribution in [0, 0.1) is 0 Å². The van der Waals surface area contributed by atoms with Crippen molar-refractivity contribution in [1.82, 2.24) is 0 Å². The molecule has 0 saturated heterocycles. The van der Waals surface area contributed by atoms with E-state index in [1.807, 2.05) is 13.0 Å². The third-order valence-corrected chi connectivity index (χ3v) is 3.40. The Morgan fingerprint density at radius 1 is 1.56 bits per heavy atom. The average Bonchev–Trinajstić information content (AvgIpc) is 2.76. The smallest absolute Gasteiger partial charge is 0.231 e. The summed E-state index contributed by atoms with van der Waals surface area (Å²) in [5.41, 5.74) is 6.71. The van der Waals surface area contributed by atoms with Crippen molar-refractivity contribution in [3.05, 3.63) is 16.1 Å². The minimum Gasteiger partial charge on any atom is -0.495 e. The predicted molar refractivity (Wildman–Crippen MR) is 64.3 cm³/mol. The number of nitrogens with two attached hydrogens (primary N) is 1. The molecule has 1 aliphatic rings. The molecule has 1 aromatic rings. The fourth-order valence-electron chi connectivity index (χ4n) is 1.70. The highest BCUT2D eigenvalue weighted by atomic mass is 79.9. The van der Waals surface area contributed by atoms with Gasteiger partial charge in [0.2, 0.25) is 6.79 Å². The summed E-state index contributed by atoms with van der Waals surface area (Å²) in [6, 6.07) is 1.93. The van der Waals surface area contributed by atoms with E-state index in [0.717, 1.165) is 21.5 Å². The zero-order chi connectivity index (χ0) is 11.7. The molecule has 1 unspecified atom stereocenters. The SMILES string of the molecule is COc1c(C(C)CN)cc2c(c1Br)OCO2. The first kappa shape index (κ1) is 11.5. The van der Waals surface area contributed by atoms with E-state index in [9.17, 15) is 0 Å². The molecule has 1 atom stereocenters. The van der Waals surface area contributed by atoms with Crippen LogP contribution in [0.5, 0.6) is 17.2 Å². The van der Waals surface area contributed by atoms with E-state index < -0.39 is 0 Å². The fourth-order valence-corrected chi connectivity index (χ4v) is 2.41. The standard InChI is InChI=1S/C11H14BrNO3/c1-6(4-13)7-3-8-11(16-5-15-8)9(12)10(7)14-2/h3,6H,4-5,13H2,1-2H3. The number of benzene rings is 1. The molecule has 88 valence electrons. The molecule has 0 fully saturated rings. The molecular weight excluding hydrogens is 274 g/mol. The van der Waals surface area contributed by atoms with Gasteiger partial charge in [-0.05, 0) is 34.5 Å². The number of rotatable bonds is 3. The van der Waals surface area contributed by atoms with Crippen molar-refractivity contribution in [3.8, 4) is 17.2 Å². The van der Waals surface area contributed by atoms with E-state index in [4.69, 9.17) is 19.9 Å². The topological polar surface area (TPSA) is 53.7 Å². The number of halogens is 1. The molecule has 4 nitrogen and oxygen atoms in total. The molecule has 0 spiro atoms. The predicted octanol–water partition coefficient (Wildman–Crippen LogP) is 2.25. The lowest BCUT2D eigenvalue weighted by Crippen LogP contribution is -2.10. The molecule has 0 amide bonds. The molecule has 5 heteroatoms. The van der Waals surface area contributed by atoms with Gasteiger partial charge < -0.3 is 19.9 Å². The van der Waals surface area contributed by atoms with Gasteiger partial charge in [-0.3, -0.25) is 0 Å². The molecule has 2 N–H and O–H groups in total. The number of hydrogen-bond acceptors (Lipinski definition) is 4. The van der Waals surface area contributed by atoms with Crippen molar-refractivity contribution < 1.29 is 14.2 Å². The van der Waals surface area contributed by atoms with Crippen molar-refractivity contribution >= 4 is 15.9 Å². The second-order valence-electron chi connectivity index (χ2n) is 3.68. The van der Waals surface area contributed by atoms with Gasteiger partial charge in [0.1, 0.15) is 10.2 Å². The van der Waals surface area contributed by atoms with Crippen molar-refractivity contribution in [2.45, 2.75) is 12.8 Å². The van der Waals surface area contributed by atoms with Crippen molar-refractivity contribution in [1.29, 1.82) is 0 Å². The first-order valence-electron chi connectivity index (χ1n) is 5.05. The Labute approximate surface area is 103 Å². The van der Waals surface area contributed by atoms with Crippen LogP contribution in [-0.4, -0.2) is 20.4 Å². The van der Waals surface area contributed by atoms with E-state index in [2.05, 4.69) is 15.9 Å². The highest BCUT2D eigenvalue weighted by molar-refractivity contribution is 9.10. The third kappa shape index (κ3) is 1.74. The number of hydrogen-bond donors (Lipinski definition) is 1. The van der Waals surface area contributed by atoms with Gasteiger partial charge in [-0.2, -0.15) is 0 Å². The van der Waals surface area contributed by atoms with E-state index in [0.29, 0.717) is 12.3 Å². The number of ether oxygens (including phenoxy) is 3. The Bertz CT molecular complexity index is 409. The summed E-state index contributed by atoms with van der Waals surface area (Å²) < 4.78 is 16.9. The molecule has 1 aliphatic heterocycles. The molecule has 0 radical (unpaired) electrons. The van der Waals surface area contributed by atoms with Crippen LogP contribution in [0.4, 0.5) is 0 Å². The highest BCUT2D eigenvalue weighted by Crippen LogP contribution is 2.48. The van der Waals surface area contributed by atoms with E-state index in [-0.39, 0.29) is 12.7 Å². The van der Waals surface area contributed by atoms with E-state index in [1.165, 1.54) is 0 Å². The van der Waals surface area contributed by atoms with Crippen LogP contribution in [0.1, 0.15) is 18.4 Å². The van der Waals surface area contributed by atoms with Crippen molar-refractivity contribution in [2.75, 3.05) is 20.4 Å². The molecule has 2 rings (SSSR count). The van der Waals surface area contributed by atoms with Gasteiger partial charge in [0.25, 0.3) is 0 Å². The minimum atomic E-state index is 0.209. The maximum absolute atomic E-state index is 5.68. The zero-order valence-electron chi connectivity index (χ0n) is 9.25. The molecule has 1 aromatic carbocycles. The summed E-state index contributed by atoms with van der Waals surface area (Å²) in [4.78, 5) is 0. The Balaban J connectivity index is 2.56. The van der Waals surface area contributed by atoms with Gasteiger partial charge in [-0.25, -0.2) is 0 Å². The van der Waals surface area contributed by atoms with Crippen LogP contribution in [0.3, 0.4) is 0 Å². The summed E-state index contributed by atoms with van der Waals surface area (Å²) >= 11 is 3.47. The molecule has 0 bridgehead atoms. The summed E-state index contributed by atoms with van der Waals surface area (Å²) in [5.74, 6) is 2.41. The maximum Gasteiger partial charge on any atom is 0.231 e. The monoisotopic (exact) mass is 287 g/mol. The Morgan fingerprint density at radius 3 is 2.94 bits per heavy atom.